The first kappa shape index (κ1) is 23.4. The van der Waals surface area contributed by atoms with E-state index in [1.807, 2.05) is 18.2 Å². The molecule has 2 aromatic carbocycles. The fourth-order valence-electron chi connectivity index (χ4n) is 4.07. The van der Waals surface area contributed by atoms with Gasteiger partial charge in [0.25, 0.3) is 17.7 Å². The van der Waals surface area contributed by atoms with Crippen molar-refractivity contribution in [2.45, 2.75) is 12.8 Å². The van der Waals surface area contributed by atoms with Gasteiger partial charge in [0, 0.05) is 51.2 Å². The highest BCUT2D eigenvalue weighted by molar-refractivity contribution is 6.18. The highest BCUT2D eigenvalue weighted by Gasteiger charge is 2.21. The van der Waals surface area contributed by atoms with Gasteiger partial charge in [-0.25, -0.2) is 4.98 Å². The largest absolute Gasteiger partial charge is 0.381 e. The first-order chi connectivity index (χ1) is 16.5. The Kier molecular flexibility index (Phi) is 7.18. The number of benzene rings is 2. The van der Waals surface area contributed by atoms with E-state index in [1.165, 1.54) is 11.1 Å². The lowest BCUT2D eigenvalue weighted by Crippen LogP contribution is -2.33. The normalized spacial score (nSPS) is 13.9. The molecule has 3 aromatic rings. The van der Waals surface area contributed by atoms with E-state index >= 15 is 0 Å². The molecule has 8 nitrogen and oxygen atoms in total. The molecule has 1 aromatic heterocycles. The summed E-state index contributed by atoms with van der Waals surface area (Å²) in [6, 6.07) is 13.9. The highest BCUT2D eigenvalue weighted by atomic mass is 16.5. The molecule has 0 spiro atoms. The quantitative estimate of drug-likeness (QED) is 0.588. The Balaban J connectivity index is 1.56. The predicted octanol–water partition coefficient (Wildman–Crippen LogP) is 3.35. The van der Waals surface area contributed by atoms with Gasteiger partial charge in [-0.3, -0.25) is 14.4 Å². The molecule has 34 heavy (non-hydrogen) atoms. The van der Waals surface area contributed by atoms with E-state index < -0.39 is 0 Å². The maximum absolute atomic E-state index is 13.2. The number of amides is 3. The summed E-state index contributed by atoms with van der Waals surface area (Å²) in [7, 11) is 3.38. The van der Waals surface area contributed by atoms with E-state index in [-0.39, 0.29) is 23.4 Å². The third-order valence-electron chi connectivity index (χ3n) is 5.97. The first-order valence-electron chi connectivity index (χ1n) is 11.3. The van der Waals surface area contributed by atoms with Crippen LogP contribution in [0.25, 0.3) is 10.8 Å². The number of hydrogen-bond acceptors (Lipinski definition) is 5. The van der Waals surface area contributed by atoms with Crippen LogP contribution < -0.4 is 10.6 Å². The van der Waals surface area contributed by atoms with Crippen LogP contribution >= 0.6 is 0 Å². The van der Waals surface area contributed by atoms with Crippen molar-refractivity contribution in [3.05, 3.63) is 71.5 Å². The number of carbonyl (C=O) groups excluding carboxylic acids is 3. The molecule has 0 saturated carbocycles. The Morgan fingerprint density at radius 3 is 2.32 bits per heavy atom. The third kappa shape index (κ3) is 5.07. The van der Waals surface area contributed by atoms with Gasteiger partial charge in [0.1, 0.15) is 0 Å². The first-order valence-corrected chi connectivity index (χ1v) is 11.3. The molecule has 0 atom stereocenters. The van der Waals surface area contributed by atoms with Gasteiger partial charge in [0.2, 0.25) is 0 Å². The molecule has 0 radical (unpaired) electrons. The van der Waals surface area contributed by atoms with Crippen molar-refractivity contribution in [3.63, 3.8) is 0 Å². The molecule has 2 N–H and O–H groups in total. The highest BCUT2D eigenvalue weighted by Crippen LogP contribution is 2.25. The van der Waals surface area contributed by atoms with Crippen LogP contribution in [0, 0.1) is 5.92 Å². The summed E-state index contributed by atoms with van der Waals surface area (Å²) in [5, 5.41) is 7.11. The van der Waals surface area contributed by atoms with Crippen molar-refractivity contribution in [3.8, 4) is 0 Å². The van der Waals surface area contributed by atoms with Crippen LogP contribution in [0.3, 0.4) is 0 Å². The number of fused-ring (bicyclic) bond motifs is 1. The second-order valence-electron chi connectivity index (χ2n) is 8.53. The number of ether oxygens (including phenoxy) is 1. The van der Waals surface area contributed by atoms with Gasteiger partial charge in [0.05, 0.1) is 5.69 Å². The molecule has 1 aliphatic heterocycles. The van der Waals surface area contributed by atoms with Crippen molar-refractivity contribution in [1.82, 2.24) is 15.2 Å². The second kappa shape index (κ2) is 10.4. The third-order valence-corrected chi connectivity index (χ3v) is 5.97. The number of hydrogen-bond donors (Lipinski definition) is 2. The smallest absolute Gasteiger partial charge is 0.272 e. The van der Waals surface area contributed by atoms with Gasteiger partial charge in [0.15, 0.2) is 5.69 Å². The maximum atomic E-state index is 13.2. The zero-order valence-corrected chi connectivity index (χ0v) is 19.3. The molecule has 1 fully saturated rings. The minimum atomic E-state index is -0.383. The van der Waals surface area contributed by atoms with Gasteiger partial charge in [-0.2, -0.15) is 0 Å². The molecule has 3 amide bonds. The van der Waals surface area contributed by atoms with Crippen LogP contribution in [0.1, 0.15) is 44.0 Å². The number of anilines is 1. The number of aromatic nitrogens is 1. The summed E-state index contributed by atoms with van der Waals surface area (Å²) in [5.74, 6) is -0.487. The Morgan fingerprint density at radius 2 is 1.62 bits per heavy atom. The van der Waals surface area contributed by atoms with Crippen LogP contribution in [-0.4, -0.2) is 61.5 Å². The minimum absolute atomic E-state index is 0.140. The van der Waals surface area contributed by atoms with Crippen LogP contribution in [-0.2, 0) is 4.74 Å². The van der Waals surface area contributed by atoms with Crippen molar-refractivity contribution in [1.29, 1.82) is 0 Å². The molecular weight excluding hydrogens is 432 g/mol. The number of nitrogens with one attached hydrogen (secondary N) is 2. The van der Waals surface area contributed by atoms with E-state index in [1.54, 1.807) is 44.4 Å². The molecule has 1 saturated heterocycles. The lowest BCUT2D eigenvalue weighted by molar-refractivity contribution is 0.0642. The van der Waals surface area contributed by atoms with E-state index in [0.717, 1.165) is 12.8 Å². The molecule has 1 aliphatic rings. The fourth-order valence-corrected chi connectivity index (χ4v) is 4.07. The Bertz CT molecular complexity index is 1220. The summed E-state index contributed by atoms with van der Waals surface area (Å²) in [6.07, 6.45) is 3.34. The zero-order chi connectivity index (χ0) is 24.1. The van der Waals surface area contributed by atoms with Crippen molar-refractivity contribution in [2.75, 3.05) is 39.2 Å². The number of pyridine rings is 1. The lowest BCUT2D eigenvalue weighted by atomic mass is 9.98. The number of nitrogens with zero attached hydrogens (tertiary/aromatic N) is 2. The number of carbonyl (C=O) groups is 3. The van der Waals surface area contributed by atoms with Gasteiger partial charge >= 0.3 is 0 Å². The van der Waals surface area contributed by atoms with Crippen molar-refractivity contribution >= 4 is 34.2 Å². The molecule has 4 rings (SSSR count). The SMILES string of the molecule is CN(C)C(=O)c1ccc(C(=O)Nc2cccnc2C(=O)NCC2CCOCC2)c2ccccc12. The Morgan fingerprint density at radius 1 is 0.941 bits per heavy atom. The molecule has 0 unspecified atom stereocenters. The van der Waals surface area contributed by atoms with Gasteiger partial charge in [-0.05, 0) is 53.8 Å². The molecule has 0 aliphatic carbocycles. The molecule has 8 heteroatoms. The van der Waals surface area contributed by atoms with Crippen LogP contribution in [0.15, 0.2) is 54.7 Å². The average molecular weight is 461 g/mol. The van der Waals surface area contributed by atoms with Crippen LogP contribution in [0.5, 0.6) is 0 Å². The molecule has 2 heterocycles. The Labute approximate surface area is 198 Å². The predicted molar refractivity (Wildman–Crippen MR) is 130 cm³/mol. The van der Waals surface area contributed by atoms with Crippen molar-refractivity contribution in [2.24, 2.45) is 5.92 Å². The summed E-state index contributed by atoms with van der Waals surface area (Å²) in [5.41, 5.74) is 1.41. The van der Waals surface area contributed by atoms with Gasteiger partial charge in [-0.15, -0.1) is 0 Å². The zero-order valence-electron chi connectivity index (χ0n) is 19.3. The molecular formula is C26H28N4O4. The topological polar surface area (TPSA) is 101 Å². The molecule has 176 valence electrons. The summed E-state index contributed by atoms with van der Waals surface area (Å²) in [6.45, 7) is 1.95. The van der Waals surface area contributed by atoms with E-state index in [9.17, 15) is 14.4 Å². The summed E-state index contributed by atoms with van der Waals surface area (Å²) in [4.78, 5) is 44.4. The van der Waals surface area contributed by atoms with Gasteiger partial charge in [-0.1, -0.05) is 24.3 Å². The summed E-state index contributed by atoms with van der Waals surface area (Å²) >= 11 is 0. The van der Waals surface area contributed by atoms with E-state index in [2.05, 4.69) is 15.6 Å². The maximum Gasteiger partial charge on any atom is 0.272 e. The van der Waals surface area contributed by atoms with E-state index in [4.69, 9.17) is 4.74 Å². The van der Waals surface area contributed by atoms with Gasteiger partial charge < -0.3 is 20.3 Å². The fraction of sp³-hybridized carbons (Fsp3) is 0.308. The molecule has 0 bridgehead atoms. The lowest BCUT2D eigenvalue weighted by Gasteiger charge is -2.22. The van der Waals surface area contributed by atoms with Crippen molar-refractivity contribution < 1.29 is 19.1 Å². The van der Waals surface area contributed by atoms with E-state index in [0.29, 0.717) is 53.3 Å². The summed E-state index contributed by atoms with van der Waals surface area (Å²) < 4.78 is 5.37. The Hall–Kier alpha value is -3.78. The minimum Gasteiger partial charge on any atom is -0.381 e. The average Bonchev–Trinajstić information content (AvgIpc) is 2.87. The standard InChI is InChI=1S/C26H28N4O4/c1-30(2)26(33)21-10-9-20(18-6-3-4-7-19(18)21)24(31)29-22-8-5-13-27-23(22)25(32)28-16-17-11-14-34-15-12-17/h3-10,13,17H,11-12,14-16H2,1-2H3,(H,28,32)(H,29,31). The second-order valence-corrected chi connectivity index (χ2v) is 8.53. The van der Waals surface area contributed by atoms with Crippen LogP contribution in [0.2, 0.25) is 0 Å². The van der Waals surface area contributed by atoms with Crippen LogP contribution in [0.4, 0.5) is 5.69 Å². The number of rotatable bonds is 6. The monoisotopic (exact) mass is 460 g/mol.